The first-order valence-electron chi connectivity index (χ1n) is 12.1. The summed E-state index contributed by atoms with van der Waals surface area (Å²) in [5.74, 6) is 0.544. The van der Waals surface area contributed by atoms with Gasteiger partial charge in [0.15, 0.2) is 0 Å². The summed E-state index contributed by atoms with van der Waals surface area (Å²) in [6.07, 6.45) is 6.34. The molecule has 7 heteroatoms. The van der Waals surface area contributed by atoms with Gasteiger partial charge in [-0.3, -0.25) is 4.79 Å². The van der Waals surface area contributed by atoms with Crippen molar-refractivity contribution < 1.29 is 13.2 Å². The van der Waals surface area contributed by atoms with Gasteiger partial charge in [-0.25, -0.2) is 13.1 Å². The number of carbonyl (C=O) groups is 1. The molecule has 4 rings (SSSR count). The lowest BCUT2D eigenvalue weighted by Crippen LogP contribution is -2.49. The standard InChI is InChI=1S/C26H35N3O3S/c1-21-7-5-6-10-25(21)28-17-19-29(20-18-28)26(30)15-16-27-33(31,32)24-13-11-23(12-14-24)22-8-3-2-4-9-22/h5-7,10-14,22,27H,2-4,8-9,15-20H2,1H3. The van der Waals surface area contributed by atoms with E-state index in [1.165, 1.54) is 48.9 Å². The zero-order chi connectivity index (χ0) is 23.3. The van der Waals surface area contributed by atoms with Gasteiger partial charge in [-0.05, 0) is 55.0 Å². The molecular formula is C26H35N3O3S. The molecule has 0 atom stereocenters. The Morgan fingerprint density at radius 3 is 2.27 bits per heavy atom. The summed E-state index contributed by atoms with van der Waals surface area (Å²) >= 11 is 0. The monoisotopic (exact) mass is 469 g/mol. The van der Waals surface area contributed by atoms with E-state index in [-0.39, 0.29) is 23.8 Å². The van der Waals surface area contributed by atoms with Gasteiger partial charge in [0.05, 0.1) is 4.90 Å². The highest BCUT2D eigenvalue weighted by molar-refractivity contribution is 7.89. The zero-order valence-electron chi connectivity index (χ0n) is 19.5. The summed E-state index contributed by atoms with van der Waals surface area (Å²) in [5, 5.41) is 0. The molecule has 6 nitrogen and oxygen atoms in total. The minimum atomic E-state index is -3.61. The van der Waals surface area contributed by atoms with Crippen LogP contribution in [0.25, 0.3) is 0 Å². The van der Waals surface area contributed by atoms with Gasteiger partial charge >= 0.3 is 0 Å². The molecule has 0 unspecified atom stereocenters. The van der Waals surface area contributed by atoms with E-state index in [0.717, 1.165) is 13.1 Å². The van der Waals surface area contributed by atoms with Crippen LogP contribution in [0.15, 0.2) is 53.4 Å². The second kappa shape index (κ2) is 10.7. The Hall–Kier alpha value is -2.38. The number of nitrogens with zero attached hydrogens (tertiary/aromatic N) is 2. The van der Waals surface area contributed by atoms with Gasteiger partial charge in [0, 0.05) is 44.8 Å². The summed E-state index contributed by atoms with van der Waals surface area (Å²) in [7, 11) is -3.61. The molecule has 2 aromatic rings. The van der Waals surface area contributed by atoms with E-state index < -0.39 is 10.0 Å². The number of para-hydroxylation sites is 1. The Morgan fingerprint density at radius 1 is 0.939 bits per heavy atom. The van der Waals surface area contributed by atoms with E-state index in [0.29, 0.717) is 19.0 Å². The van der Waals surface area contributed by atoms with E-state index in [9.17, 15) is 13.2 Å². The van der Waals surface area contributed by atoms with Crippen molar-refractivity contribution in [2.24, 2.45) is 0 Å². The summed E-state index contributed by atoms with van der Waals surface area (Å²) in [4.78, 5) is 17.0. The van der Waals surface area contributed by atoms with Crippen molar-refractivity contribution in [1.82, 2.24) is 9.62 Å². The number of sulfonamides is 1. The number of aryl methyl sites for hydroxylation is 1. The van der Waals surface area contributed by atoms with Crippen LogP contribution in [-0.4, -0.2) is 51.9 Å². The minimum Gasteiger partial charge on any atom is -0.368 e. The first kappa shape index (κ1) is 23.8. The molecule has 1 amide bonds. The predicted molar refractivity (Wildman–Crippen MR) is 132 cm³/mol. The van der Waals surface area contributed by atoms with Crippen molar-refractivity contribution in [2.75, 3.05) is 37.6 Å². The number of amides is 1. The second-order valence-electron chi connectivity index (χ2n) is 9.21. The van der Waals surface area contributed by atoms with Crippen LogP contribution < -0.4 is 9.62 Å². The van der Waals surface area contributed by atoms with Gasteiger partial charge in [0.2, 0.25) is 15.9 Å². The number of nitrogens with one attached hydrogen (secondary N) is 1. The van der Waals surface area contributed by atoms with Crippen molar-refractivity contribution in [3.63, 3.8) is 0 Å². The lowest BCUT2D eigenvalue weighted by atomic mass is 9.84. The molecule has 0 bridgehead atoms. The normalized spacial score (nSPS) is 17.8. The summed E-state index contributed by atoms with van der Waals surface area (Å²) in [5.41, 5.74) is 3.68. The maximum absolute atomic E-state index is 12.7. The van der Waals surface area contributed by atoms with Crippen molar-refractivity contribution in [1.29, 1.82) is 0 Å². The first-order chi connectivity index (χ1) is 15.9. The summed E-state index contributed by atoms with van der Waals surface area (Å²) in [6.45, 7) is 5.10. The fourth-order valence-corrected chi connectivity index (χ4v) is 6.04. The van der Waals surface area contributed by atoms with Crippen molar-refractivity contribution in [3.05, 3.63) is 59.7 Å². The topological polar surface area (TPSA) is 69.7 Å². The lowest BCUT2D eigenvalue weighted by Gasteiger charge is -2.36. The second-order valence-corrected chi connectivity index (χ2v) is 11.0. The number of anilines is 1. The first-order valence-corrected chi connectivity index (χ1v) is 13.6. The third kappa shape index (κ3) is 5.95. The lowest BCUT2D eigenvalue weighted by molar-refractivity contribution is -0.131. The van der Waals surface area contributed by atoms with Gasteiger partial charge < -0.3 is 9.80 Å². The molecular weight excluding hydrogens is 434 g/mol. The molecule has 0 radical (unpaired) electrons. The third-order valence-electron chi connectivity index (χ3n) is 6.99. The van der Waals surface area contributed by atoms with E-state index in [1.54, 1.807) is 12.1 Å². The number of carbonyl (C=O) groups excluding carboxylic acids is 1. The fourth-order valence-electron chi connectivity index (χ4n) is 5.00. The maximum atomic E-state index is 12.7. The Labute approximate surface area is 198 Å². The molecule has 1 saturated heterocycles. The minimum absolute atomic E-state index is 0.00483. The van der Waals surface area contributed by atoms with Crippen LogP contribution in [0.4, 0.5) is 5.69 Å². The van der Waals surface area contributed by atoms with Gasteiger partial charge in [-0.1, -0.05) is 49.6 Å². The number of hydrogen-bond donors (Lipinski definition) is 1. The summed E-state index contributed by atoms with van der Waals surface area (Å²) < 4.78 is 27.9. The van der Waals surface area contributed by atoms with Crippen LogP contribution in [0.3, 0.4) is 0 Å². The molecule has 1 aliphatic heterocycles. The number of rotatable bonds is 7. The fraction of sp³-hybridized carbons (Fsp3) is 0.500. The van der Waals surface area contributed by atoms with E-state index >= 15 is 0 Å². The Morgan fingerprint density at radius 2 is 1.61 bits per heavy atom. The molecule has 1 heterocycles. The van der Waals surface area contributed by atoms with Gasteiger partial charge in [0.25, 0.3) is 0 Å². The Bertz CT molecular complexity index is 1040. The van der Waals surface area contributed by atoms with E-state index in [4.69, 9.17) is 0 Å². The van der Waals surface area contributed by atoms with Gasteiger partial charge in [0.1, 0.15) is 0 Å². The third-order valence-corrected chi connectivity index (χ3v) is 8.46. The van der Waals surface area contributed by atoms with Gasteiger partial charge in [-0.15, -0.1) is 0 Å². The highest BCUT2D eigenvalue weighted by atomic mass is 32.2. The van der Waals surface area contributed by atoms with Crippen LogP contribution in [0, 0.1) is 6.92 Å². The van der Waals surface area contributed by atoms with E-state index in [1.807, 2.05) is 29.2 Å². The molecule has 178 valence electrons. The number of piperazine rings is 1. The smallest absolute Gasteiger partial charge is 0.240 e. The molecule has 2 aliphatic rings. The van der Waals surface area contributed by atoms with Crippen molar-refractivity contribution >= 4 is 21.6 Å². The molecule has 1 N–H and O–H groups in total. The predicted octanol–water partition coefficient (Wildman–Crippen LogP) is 4.06. The van der Waals surface area contributed by atoms with Crippen LogP contribution in [0.5, 0.6) is 0 Å². The average molecular weight is 470 g/mol. The average Bonchev–Trinajstić information content (AvgIpc) is 2.85. The molecule has 1 aliphatic carbocycles. The molecule has 0 aromatic heterocycles. The quantitative estimate of drug-likeness (QED) is 0.664. The molecule has 2 aromatic carbocycles. The largest absolute Gasteiger partial charge is 0.368 e. The number of benzene rings is 2. The Kier molecular flexibility index (Phi) is 7.71. The van der Waals surface area contributed by atoms with Crippen molar-refractivity contribution in [2.45, 2.75) is 56.3 Å². The highest BCUT2D eigenvalue weighted by Crippen LogP contribution is 2.32. The summed E-state index contributed by atoms with van der Waals surface area (Å²) in [6, 6.07) is 15.6. The molecule has 1 saturated carbocycles. The number of hydrogen-bond acceptors (Lipinski definition) is 4. The van der Waals surface area contributed by atoms with Crippen LogP contribution in [0.2, 0.25) is 0 Å². The van der Waals surface area contributed by atoms with Crippen LogP contribution in [-0.2, 0) is 14.8 Å². The van der Waals surface area contributed by atoms with Crippen molar-refractivity contribution in [3.8, 4) is 0 Å². The SMILES string of the molecule is Cc1ccccc1N1CCN(C(=O)CCNS(=O)(=O)c2ccc(C3CCCCC3)cc2)CC1. The van der Waals surface area contributed by atoms with E-state index in [2.05, 4.69) is 28.7 Å². The Balaban J connectivity index is 1.24. The highest BCUT2D eigenvalue weighted by Gasteiger charge is 2.23. The molecule has 0 spiro atoms. The van der Waals surface area contributed by atoms with Crippen LogP contribution in [0.1, 0.15) is 55.6 Å². The maximum Gasteiger partial charge on any atom is 0.240 e. The van der Waals surface area contributed by atoms with Gasteiger partial charge in [-0.2, -0.15) is 0 Å². The molecule has 33 heavy (non-hydrogen) atoms. The molecule has 2 fully saturated rings. The van der Waals surface area contributed by atoms with Crippen LogP contribution >= 0.6 is 0 Å². The zero-order valence-corrected chi connectivity index (χ0v) is 20.3.